The molecule has 1 N–H and O–H groups in total. The number of hydrogen-bond donors (Lipinski definition) is 1. The smallest absolute Gasteiger partial charge is 0.236 e. The molecule has 0 saturated carbocycles. The molecule has 1 atom stereocenters. The molecule has 0 aliphatic carbocycles. The Kier molecular flexibility index (Phi) is 4.92. The molecule has 5 rings (SSSR count). The highest BCUT2D eigenvalue weighted by molar-refractivity contribution is 5.93. The minimum atomic E-state index is -0.0199. The molecule has 0 amide bonds. The van der Waals surface area contributed by atoms with Gasteiger partial charge < -0.3 is 15.0 Å². The van der Waals surface area contributed by atoms with E-state index in [1.54, 1.807) is 6.20 Å². The Bertz CT molecular complexity index is 1300. The van der Waals surface area contributed by atoms with Crippen LogP contribution < -0.4 is 10.2 Å². The van der Waals surface area contributed by atoms with E-state index in [0.29, 0.717) is 11.3 Å². The zero-order valence-corrected chi connectivity index (χ0v) is 17.7. The van der Waals surface area contributed by atoms with E-state index in [1.807, 2.05) is 29.7 Å². The summed E-state index contributed by atoms with van der Waals surface area (Å²) >= 11 is 0. The predicted molar refractivity (Wildman–Crippen MR) is 121 cm³/mol. The summed E-state index contributed by atoms with van der Waals surface area (Å²) in [6, 6.07) is 14.6. The van der Waals surface area contributed by atoms with Crippen molar-refractivity contribution in [3.8, 4) is 6.07 Å². The number of nitriles is 1. The molecule has 156 valence electrons. The highest BCUT2D eigenvalue weighted by atomic mass is 16.5. The first-order valence-corrected chi connectivity index (χ1v) is 10.5. The van der Waals surface area contributed by atoms with Gasteiger partial charge in [0.15, 0.2) is 0 Å². The van der Waals surface area contributed by atoms with Gasteiger partial charge in [0.1, 0.15) is 5.82 Å². The standard InChI is InChI=1S/C24H24N6O/c1-16-18(15-25)4-3-5-20(16)17(2)27-23-21-14-19(29-10-12-31-13-11-29)6-7-22(21)30-9-8-26-24(30)28-23/h3-9,14,17H,10-13H2,1-2H3,(H,26,27,28). The van der Waals surface area contributed by atoms with Crippen molar-refractivity contribution in [2.24, 2.45) is 0 Å². The zero-order valence-electron chi connectivity index (χ0n) is 17.7. The second kappa shape index (κ2) is 7.89. The van der Waals surface area contributed by atoms with E-state index >= 15 is 0 Å². The average molecular weight is 412 g/mol. The highest BCUT2D eigenvalue weighted by Gasteiger charge is 2.17. The number of hydrogen-bond acceptors (Lipinski definition) is 6. The molecule has 0 spiro atoms. The van der Waals surface area contributed by atoms with Gasteiger partial charge in [0.05, 0.1) is 36.4 Å². The van der Waals surface area contributed by atoms with Gasteiger partial charge in [-0.2, -0.15) is 10.2 Å². The Hall–Kier alpha value is -3.63. The van der Waals surface area contributed by atoms with Crippen molar-refractivity contribution in [1.29, 1.82) is 5.26 Å². The van der Waals surface area contributed by atoms with E-state index < -0.39 is 0 Å². The number of aromatic nitrogens is 3. The topological polar surface area (TPSA) is 78.5 Å². The number of nitrogens with zero attached hydrogens (tertiary/aromatic N) is 5. The van der Waals surface area contributed by atoms with Crippen LogP contribution in [0.2, 0.25) is 0 Å². The van der Waals surface area contributed by atoms with E-state index in [9.17, 15) is 5.26 Å². The molecule has 7 heteroatoms. The van der Waals surface area contributed by atoms with Crippen molar-refractivity contribution < 1.29 is 4.74 Å². The number of nitrogens with one attached hydrogen (secondary N) is 1. The van der Waals surface area contributed by atoms with Gasteiger partial charge in [-0.1, -0.05) is 12.1 Å². The molecule has 1 saturated heterocycles. The predicted octanol–water partition coefficient (Wildman–Crippen LogP) is 4.07. The van der Waals surface area contributed by atoms with Crippen LogP contribution in [-0.4, -0.2) is 40.7 Å². The fourth-order valence-electron chi connectivity index (χ4n) is 4.31. The number of anilines is 2. The van der Waals surface area contributed by atoms with Gasteiger partial charge in [0.25, 0.3) is 0 Å². The lowest BCUT2D eigenvalue weighted by Crippen LogP contribution is -2.36. The SMILES string of the molecule is Cc1c(C#N)cccc1C(C)Nc1nc2nccn2c2ccc(N3CCOCC3)cc12. The third-order valence-electron chi connectivity index (χ3n) is 6.02. The molecular weight excluding hydrogens is 388 g/mol. The van der Waals surface area contributed by atoms with E-state index in [4.69, 9.17) is 9.72 Å². The first kappa shape index (κ1) is 19.3. The second-order valence-corrected chi connectivity index (χ2v) is 7.86. The molecule has 31 heavy (non-hydrogen) atoms. The molecule has 1 fully saturated rings. The summed E-state index contributed by atoms with van der Waals surface area (Å²) in [7, 11) is 0. The molecule has 1 unspecified atom stereocenters. The van der Waals surface area contributed by atoms with Crippen molar-refractivity contribution in [1.82, 2.24) is 14.4 Å². The zero-order chi connectivity index (χ0) is 21.4. The van der Waals surface area contributed by atoms with Crippen LogP contribution in [0.5, 0.6) is 0 Å². The van der Waals surface area contributed by atoms with Crippen LogP contribution in [-0.2, 0) is 4.74 Å². The summed E-state index contributed by atoms with van der Waals surface area (Å²) in [5, 5.41) is 14.0. The fraction of sp³-hybridized carbons (Fsp3) is 0.292. The lowest BCUT2D eigenvalue weighted by atomic mass is 9.98. The summed E-state index contributed by atoms with van der Waals surface area (Å²) in [5.41, 5.74) is 4.99. The van der Waals surface area contributed by atoms with Crippen molar-refractivity contribution in [3.05, 3.63) is 65.5 Å². The monoisotopic (exact) mass is 412 g/mol. The summed E-state index contributed by atoms with van der Waals surface area (Å²) in [6.07, 6.45) is 3.71. The molecule has 2 aromatic heterocycles. The van der Waals surface area contributed by atoms with Crippen LogP contribution in [0.4, 0.5) is 11.5 Å². The number of fused-ring (bicyclic) bond motifs is 3. The summed E-state index contributed by atoms with van der Waals surface area (Å²) in [4.78, 5) is 11.6. The summed E-state index contributed by atoms with van der Waals surface area (Å²) in [6.45, 7) is 7.34. The van der Waals surface area contributed by atoms with Crippen LogP contribution in [0.15, 0.2) is 48.8 Å². The number of ether oxygens (including phenoxy) is 1. The minimum absolute atomic E-state index is 0.0199. The largest absolute Gasteiger partial charge is 0.378 e. The van der Waals surface area contributed by atoms with Gasteiger partial charge in [-0.15, -0.1) is 0 Å². The van der Waals surface area contributed by atoms with Crippen LogP contribution >= 0.6 is 0 Å². The van der Waals surface area contributed by atoms with E-state index in [-0.39, 0.29) is 6.04 Å². The Morgan fingerprint density at radius 3 is 2.84 bits per heavy atom. The molecule has 0 bridgehead atoms. The first-order chi connectivity index (χ1) is 15.2. The Labute approximate surface area is 180 Å². The first-order valence-electron chi connectivity index (χ1n) is 10.5. The maximum atomic E-state index is 9.40. The van der Waals surface area contributed by atoms with Crippen molar-refractivity contribution in [3.63, 3.8) is 0 Å². The summed E-state index contributed by atoms with van der Waals surface area (Å²) in [5.74, 6) is 1.45. The van der Waals surface area contributed by atoms with Gasteiger partial charge in [-0.3, -0.25) is 4.40 Å². The second-order valence-electron chi connectivity index (χ2n) is 7.86. The molecule has 1 aliphatic rings. The number of morpholine rings is 1. The van der Waals surface area contributed by atoms with E-state index in [2.05, 4.69) is 52.5 Å². The van der Waals surface area contributed by atoms with Gasteiger partial charge in [-0.05, 0) is 49.2 Å². The van der Waals surface area contributed by atoms with Gasteiger partial charge >= 0.3 is 0 Å². The summed E-state index contributed by atoms with van der Waals surface area (Å²) < 4.78 is 7.52. The molecule has 2 aromatic carbocycles. The lowest BCUT2D eigenvalue weighted by molar-refractivity contribution is 0.122. The van der Waals surface area contributed by atoms with Crippen LogP contribution in [0, 0.1) is 18.3 Å². The number of benzene rings is 2. The van der Waals surface area contributed by atoms with Crippen LogP contribution in [0.3, 0.4) is 0 Å². The number of rotatable bonds is 4. The van der Waals surface area contributed by atoms with E-state index in [0.717, 1.165) is 59.8 Å². The van der Waals surface area contributed by atoms with E-state index in [1.165, 1.54) is 0 Å². The normalized spacial score (nSPS) is 15.2. The van der Waals surface area contributed by atoms with Gasteiger partial charge in [0.2, 0.25) is 5.78 Å². The van der Waals surface area contributed by atoms with Gasteiger partial charge in [0, 0.05) is 36.6 Å². The molecular formula is C24H24N6O. The third kappa shape index (κ3) is 3.45. The molecule has 0 radical (unpaired) electrons. The molecule has 1 aliphatic heterocycles. The van der Waals surface area contributed by atoms with Crippen LogP contribution in [0.1, 0.15) is 29.7 Å². The average Bonchev–Trinajstić information content (AvgIpc) is 3.28. The molecule has 3 heterocycles. The van der Waals surface area contributed by atoms with Crippen molar-refractivity contribution in [2.75, 3.05) is 36.5 Å². The quantitative estimate of drug-likeness (QED) is 0.544. The third-order valence-corrected chi connectivity index (χ3v) is 6.02. The minimum Gasteiger partial charge on any atom is -0.378 e. The van der Waals surface area contributed by atoms with Gasteiger partial charge in [-0.25, -0.2) is 4.98 Å². The maximum Gasteiger partial charge on any atom is 0.236 e. The Balaban J connectivity index is 1.60. The van der Waals surface area contributed by atoms with Crippen molar-refractivity contribution in [2.45, 2.75) is 19.9 Å². The highest BCUT2D eigenvalue weighted by Crippen LogP contribution is 2.31. The number of imidazole rings is 1. The fourth-order valence-corrected chi connectivity index (χ4v) is 4.31. The Morgan fingerprint density at radius 1 is 1.19 bits per heavy atom. The Morgan fingerprint density at radius 2 is 2.03 bits per heavy atom. The van der Waals surface area contributed by atoms with Crippen molar-refractivity contribution >= 4 is 28.2 Å². The molecule has 7 nitrogen and oxygen atoms in total. The maximum absolute atomic E-state index is 9.40. The lowest BCUT2D eigenvalue weighted by Gasteiger charge is -2.29. The molecule has 4 aromatic rings. The van der Waals surface area contributed by atoms with Crippen LogP contribution in [0.25, 0.3) is 16.7 Å².